The number of hydrogen-bond acceptors (Lipinski definition) is 4. The Hall–Kier alpha value is -2.47. The highest BCUT2D eigenvalue weighted by Crippen LogP contribution is 2.32. The fraction of sp³-hybridized carbons (Fsp3) is 0.444. The van der Waals surface area contributed by atoms with Crippen molar-refractivity contribution in [3.63, 3.8) is 0 Å². The van der Waals surface area contributed by atoms with E-state index >= 15 is 0 Å². The van der Waals surface area contributed by atoms with Crippen molar-refractivity contribution in [2.75, 3.05) is 6.61 Å². The van der Waals surface area contributed by atoms with Crippen LogP contribution in [0.1, 0.15) is 87.2 Å². The average molecular weight is 510 g/mol. The van der Waals surface area contributed by atoms with Gasteiger partial charge in [-0.15, -0.1) is 0 Å². The van der Waals surface area contributed by atoms with E-state index in [1.807, 2.05) is 25.1 Å². The second-order valence-electron chi connectivity index (χ2n) is 9.16. The van der Waals surface area contributed by atoms with E-state index in [4.69, 9.17) is 14.8 Å². The number of aryl methyl sites for hydroxylation is 1. The fourth-order valence-electron chi connectivity index (χ4n) is 4.61. The zero-order valence-electron chi connectivity index (χ0n) is 19.9. The molecule has 3 aromatic rings. The Morgan fingerprint density at radius 3 is 2.67 bits per heavy atom. The molecule has 174 valence electrons. The van der Waals surface area contributed by atoms with Crippen molar-refractivity contribution in [1.29, 1.82) is 0 Å². The molecule has 1 aromatic heterocycles. The topological polar surface area (TPSA) is 56.5 Å². The van der Waals surface area contributed by atoms with Gasteiger partial charge in [0.1, 0.15) is 11.6 Å². The first-order valence-corrected chi connectivity index (χ1v) is 12.7. The van der Waals surface area contributed by atoms with Crippen LogP contribution in [0.2, 0.25) is 0 Å². The Bertz CT molecular complexity index is 1240. The van der Waals surface area contributed by atoms with Gasteiger partial charge in [-0.1, -0.05) is 49.0 Å². The van der Waals surface area contributed by atoms with E-state index in [1.165, 1.54) is 23.9 Å². The van der Waals surface area contributed by atoms with Gasteiger partial charge < -0.3 is 4.74 Å². The monoisotopic (exact) mass is 509 g/mol. The van der Waals surface area contributed by atoms with Crippen LogP contribution in [0.3, 0.4) is 0 Å². The van der Waals surface area contributed by atoms with Crippen LogP contribution in [0, 0.1) is 6.92 Å². The fourth-order valence-corrected chi connectivity index (χ4v) is 4.97. The van der Waals surface area contributed by atoms with E-state index in [-0.39, 0.29) is 11.5 Å². The van der Waals surface area contributed by atoms with Crippen molar-refractivity contribution in [3.05, 3.63) is 67.7 Å². The van der Waals surface area contributed by atoms with Crippen LogP contribution in [0.25, 0.3) is 10.9 Å². The summed E-state index contributed by atoms with van der Waals surface area (Å²) in [5.74, 6) is 2.27. The van der Waals surface area contributed by atoms with Gasteiger partial charge >= 0.3 is 0 Å². The summed E-state index contributed by atoms with van der Waals surface area (Å²) in [5.41, 5.74) is 3.80. The maximum Gasteiger partial charge on any atom is 0.282 e. The Morgan fingerprint density at radius 2 is 1.97 bits per heavy atom. The van der Waals surface area contributed by atoms with Gasteiger partial charge in [0.15, 0.2) is 0 Å². The largest absolute Gasteiger partial charge is 0.494 e. The van der Waals surface area contributed by atoms with Gasteiger partial charge in [-0.25, -0.2) is 4.98 Å². The van der Waals surface area contributed by atoms with E-state index in [2.05, 4.69) is 48.8 Å². The standard InChI is InChI=1S/C27H32BrN3O2/c1-5-33-25-13-18(4)20(14-22(25)17(2)3)16-29-31-26(19-9-7-6-8-10-19)30-24-12-11-21(28)15-23(24)27(31)32/h11-17,19H,5-10H2,1-4H3. The van der Waals surface area contributed by atoms with Gasteiger partial charge in [0, 0.05) is 10.4 Å². The first kappa shape index (κ1) is 23.7. The lowest BCUT2D eigenvalue weighted by atomic mass is 9.88. The number of benzene rings is 2. The molecule has 2 aromatic carbocycles. The molecule has 0 unspecified atom stereocenters. The molecule has 0 aliphatic heterocycles. The summed E-state index contributed by atoms with van der Waals surface area (Å²) >= 11 is 3.49. The number of halogens is 1. The van der Waals surface area contributed by atoms with Crippen molar-refractivity contribution in [3.8, 4) is 5.75 Å². The molecule has 1 saturated carbocycles. The van der Waals surface area contributed by atoms with E-state index in [9.17, 15) is 4.79 Å². The zero-order valence-corrected chi connectivity index (χ0v) is 21.5. The summed E-state index contributed by atoms with van der Waals surface area (Å²) < 4.78 is 8.26. The van der Waals surface area contributed by atoms with Gasteiger partial charge in [0.25, 0.3) is 5.56 Å². The quantitative estimate of drug-likeness (QED) is 0.338. The van der Waals surface area contributed by atoms with Crippen molar-refractivity contribution in [2.45, 2.75) is 71.6 Å². The Balaban J connectivity index is 1.84. The van der Waals surface area contributed by atoms with Crippen LogP contribution in [-0.4, -0.2) is 22.5 Å². The van der Waals surface area contributed by atoms with Crippen molar-refractivity contribution < 1.29 is 4.74 Å². The zero-order chi connectivity index (χ0) is 23.5. The maximum absolute atomic E-state index is 13.5. The number of ether oxygens (including phenoxy) is 1. The lowest BCUT2D eigenvalue weighted by molar-refractivity contribution is 0.335. The van der Waals surface area contributed by atoms with Crippen molar-refractivity contribution in [2.24, 2.45) is 5.10 Å². The number of rotatable bonds is 6. The highest BCUT2D eigenvalue weighted by Gasteiger charge is 2.22. The van der Waals surface area contributed by atoms with Crippen LogP contribution >= 0.6 is 15.9 Å². The minimum atomic E-state index is -0.120. The third kappa shape index (κ3) is 5.06. The third-order valence-corrected chi connectivity index (χ3v) is 6.93. The summed E-state index contributed by atoms with van der Waals surface area (Å²) in [4.78, 5) is 18.5. The molecule has 0 bridgehead atoms. The van der Waals surface area contributed by atoms with Gasteiger partial charge in [0.2, 0.25) is 0 Å². The lowest BCUT2D eigenvalue weighted by Crippen LogP contribution is -2.25. The summed E-state index contributed by atoms with van der Waals surface area (Å²) in [6, 6.07) is 9.88. The normalized spacial score (nSPS) is 15.1. The summed E-state index contributed by atoms with van der Waals surface area (Å²) in [6.45, 7) is 8.99. The van der Waals surface area contributed by atoms with E-state index in [1.54, 1.807) is 6.21 Å². The smallest absolute Gasteiger partial charge is 0.282 e. The van der Waals surface area contributed by atoms with Crippen LogP contribution in [-0.2, 0) is 0 Å². The molecule has 1 fully saturated rings. The second-order valence-corrected chi connectivity index (χ2v) is 10.1. The molecule has 5 nitrogen and oxygen atoms in total. The molecule has 0 saturated heterocycles. The molecule has 0 N–H and O–H groups in total. The van der Waals surface area contributed by atoms with Crippen LogP contribution in [0.5, 0.6) is 5.75 Å². The Labute approximate surface area is 204 Å². The molecule has 1 aliphatic rings. The molecular formula is C27H32BrN3O2. The summed E-state index contributed by atoms with van der Waals surface area (Å²) in [5, 5.41) is 5.30. The Kier molecular flexibility index (Phi) is 7.32. The van der Waals surface area contributed by atoms with Gasteiger partial charge in [-0.3, -0.25) is 4.79 Å². The number of aromatic nitrogens is 2. The molecule has 1 heterocycles. The predicted octanol–water partition coefficient (Wildman–Crippen LogP) is 6.92. The lowest BCUT2D eigenvalue weighted by Gasteiger charge is -2.23. The minimum absolute atomic E-state index is 0.120. The van der Waals surface area contributed by atoms with Gasteiger partial charge in [-0.05, 0) is 79.6 Å². The molecule has 0 atom stereocenters. The molecule has 0 radical (unpaired) electrons. The second kappa shape index (κ2) is 10.2. The molecule has 6 heteroatoms. The predicted molar refractivity (Wildman–Crippen MR) is 139 cm³/mol. The number of fused-ring (bicyclic) bond motifs is 1. The molecule has 0 amide bonds. The average Bonchev–Trinajstić information content (AvgIpc) is 2.80. The number of hydrogen-bond donors (Lipinski definition) is 0. The third-order valence-electron chi connectivity index (χ3n) is 6.44. The maximum atomic E-state index is 13.5. The van der Waals surface area contributed by atoms with Gasteiger partial charge in [-0.2, -0.15) is 9.78 Å². The van der Waals surface area contributed by atoms with E-state index in [0.717, 1.165) is 51.1 Å². The summed E-state index contributed by atoms with van der Waals surface area (Å²) in [6.07, 6.45) is 7.47. The van der Waals surface area contributed by atoms with Gasteiger partial charge in [0.05, 0.1) is 23.7 Å². The highest BCUT2D eigenvalue weighted by atomic mass is 79.9. The van der Waals surface area contributed by atoms with Crippen molar-refractivity contribution >= 4 is 33.0 Å². The molecule has 4 rings (SSSR count). The number of nitrogens with zero attached hydrogens (tertiary/aromatic N) is 3. The van der Waals surface area contributed by atoms with Crippen LogP contribution in [0.4, 0.5) is 0 Å². The Morgan fingerprint density at radius 1 is 1.21 bits per heavy atom. The van der Waals surface area contributed by atoms with Crippen molar-refractivity contribution in [1.82, 2.24) is 9.66 Å². The van der Waals surface area contributed by atoms with E-state index < -0.39 is 0 Å². The highest BCUT2D eigenvalue weighted by molar-refractivity contribution is 9.10. The van der Waals surface area contributed by atoms with Crippen LogP contribution < -0.4 is 10.3 Å². The first-order valence-electron chi connectivity index (χ1n) is 11.9. The van der Waals surface area contributed by atoms with Crippen LogP contribution in [0.15, 0.2) is 44.7 Å². The van der Waals surface area contributed by atoms with E-state index in [0.29, 0.717) is 17.9 Å². The molecular weight excluding hydrogens is 478 g/mol. The summed E-state index contributed by atoms with van der Waals surface area (Å²) in [7, 11) is 0. The molecule has 1 aliphatic carbocycles. The molecule has 33 heavy (non-hydrogen) atoms. The SMILES string of the molecule is CCOc1cc(C)c(C=Nn2c(C3CCCCC3)nc3ccc(Br)cc3c2=O)cc1C(C)C. The minimum Gasteiger partial charge on any atom is -0.494 e. The first-order chi connectivity index (χ1) is 15.9. The molecule has 0 spiro atoms.